The Hall–Kier alpha value is -0.790. The first-order valence-corrected chi connectivity index (χ1v) is 3.70. The summed E-state index contributed by atoms with van der Waals surface area (Å²) in [5.41, 5.74) is 2.38. The van der Waals surface area contributed by atoms with E-state index in [1.807, 2.05) is 7.05 Å². The van der Waals surface area contributed by atoms with Gasteiger partial charge < -0.3 is 5.32 Å². The maximum absolute atomic E-state index is 4.34. The molecule has 2 heteroatoms. The smallest absolute Gasteiger partial charge is 0.0392 e. The van der Waals surface area contributed by atoms with Gasteiger partial charge in [-0.2, -0.15) is 0 Å². The van der Waals surface area contributed by atoms with Crippen molar-refractivity contribution in [2.75, 3.05) is 13.6 Å². The topological polar surface area (TPSA) is 24.4 Å². The lowest BCUT2D eigenvalue weighted by Crippen LogP contribution is -2.08. The average Bonchev–Trinajstić information content (AvgIpc) is 2.40. The zero-order valence-corrected chi connectivity index (χ0v) is 6.48. The van der Waals surface area contributed by atoms with Crippen LogP contribution in [-0.2, 0) is 0 Å². The zero-order valence-electron chi connectivity index (χ0n) is 6.48. The van der Waals surface area contributed by atoms with Crippen molar-refractivity contribution in [1.82, 2.24) is 5.32 Å². The minimum absolute atomic E-state index is 0.941. The van der Waals surface area contributed by atoms with Crippen LogP contribution in [0.3, 0.4) is 0 Å². The van der Waals surface area contributed by atoms with E-state index >= 15 is 0 Å². The average molecular weight is 138 g/mol. The second-order valence-corrected chi connectivity index (χ2v) is 2.58. The molecular weight excluding hydrogens is 124 g/mol. The van der Waals surface area contributed by atoms with Crippen molar-refractivity contribution < 1.29 is 0 Å². The van der Waals surface area contributed by atoms with Crippen LogP contribution >= 0.6 is 0 Å². The fourth-order valence-corrected chi connectivity index (χ4v) is 1.08. The predicted octanol–water partition coefficient (Wildman–Crippen LogP) is 1.34. The highest BCUT2D eigenvalue weighted by Crippen LogP contribution is 2.09. The van der Waals surface area contributed by atoms with Gasteiger partial charge in [0.2, 0.25) is 0 Å². The molecule has 0 amide bonds. The Labute approximate surface area is 62.0 Å². The molecule has 0 saturated heterocycles. The summed E-state index contributed by atoms with van der Waals surface area (Å²) in [7, 11) is 1.90. The van der Waals surface area contributed by atoms with Gasteiger partial charge >= 0.3 is 0 Å². The van der Waals surface area contributed by atoms with E-state index < -0.39 is 0 Å². The number of hydrogen-bond donors (Lipinski definition) is 1. The van der Waals surface area contributed by atoms with E-state index in [-0.39, 0.29) is 0 Å². The predicted molar refractivity (Wildman–Crippen MR) is 44.4 cm³/mol. The van der Waals surface area contributed by atoms with Crippen molar-refractivity contribution in [3.63, 3.8) is 0 Å². The van der Waals surface area contributed by atoms with Gasteiger partial charge in [0.05, 0.1) is 0 Å². The molecule has 1 heterocycles. The van der Waals surface area contributed by atoms with E-state index in [1.165, 1.54) is 18.6 Å². The standard InChI is InChI=1S/C8H14N2/c1-7(9-2)6-8-4-3-5-10-8/h9H,1,3-6H2,2H3. The van der Waals surface area contributed by atoms with Crippen molar-refractivity contribution in [3.8, 4) is 0 Å². The Morgan fingerprint density at radius 1 is 1.80 bits per heavy atom. The van der Waals surface area contributed by atoms with Crippen LogP contribution in [0, 0.1) is 0 Å². The van der Waals surface area contributed by atoms with E-state index in [0.29, 0.717) is 0 Å². The molecule has 1 aliphatic rings. The van der Waals surface area contributed by atoms with Crippen molar-refractivity contribution in [2.24, 2.45) is 4.99 Å². The van der Waals surface area contributed by atoms with Gasteiger partial charge in [0.1, 0.15) is 0 Å². The van der Waals surface area contributed by atoms with Crippen LogP contribution in [0.5, 0.6) is 0 Å². The monoisotopic (exact) mass is 138 g/mol. The van der Waals surface area contributed by atoms with Crippen molar-refractivity contribution in [1.29, 1.82) is 0 Å². The van der Waals surface area contributed by atoms with Crippen LogP contribution < -0.4 is 5.32 Å². The third-order valence-electron chi connectivity index (χ3n) is 1.73. The lowest BCUT2D eigenvalue weighted by molar-refractivity contribution is 0.936. The highest BCUT2D eigenvalue weighted by molar-refractivity contribution is 5.87. The molecule has 0 fully saturated rings. The molecule has 0 unspecified atom stereocenters. The van der Waals surface area contributed by atoms with Gasteiger partial charge in [0.25, 0.3) is 0 Å². The summed E-state index contributed by atoms with van der Waals surface area (Å²) in [6.07, 6.45) is 3.34. The molecule has 0 spiro atoms. The Bertz CT molecular complexity index is 159. The molecule has 0 aromatic rings. The summed E-state index contributed by atoms with van der Waals surface area (Å²) >= 11 is 0. The first-order valence-electron chi connectivity index (χ1n) is 3.70. The fraction of sp³-hybridized carbons (Fsp3) is 0.625. The summed E-state index contributed by atoms with van der Waals surface area (Å²) in [6.45, 7) is 4.86. The molecule has 0 aliphatic carbocycles. The van der Waals surface area contributed by atoms with Crippen LogP contribution in [0.2, 0.25) is 0 Å². The zero-order chi connectivity index (χ0) is 7.40. The second kappa shape index (κ2) is 3.40. The first-order chi connectivity index (χ1) is 4.83. The minimum atomic E-state index is 0.941. The summed E-state index contributed by atoms with van der Waals surface area (Å²) in [5, 5.41) is 3.02. The highest BCUT2D eigenvalue weighted by atomic mass is 14.8. The van der Waals surface area contributed by atoms with Gasteiger partial charge in [-0.3, -0.25) is 4.99 Å². The van der Waals surface area contributed by atoms with E-state index in [9.17, 15) is 0 Å². The summed E-state index contributed by atoms with van der Waals surface area (Å²) in [6, 6.07) is 0. The van der Waals surface area contributed by atoms with E-state index in [0.717, 1.165) is 18.7 Å². The van der Waals surface area contributed by atoms with Crippen LogP contribution in [0.4, 0.5) is 0 Å². The van der Waals surface area contributed by atoms with Gasteiger partial charge in [-0.1, -0.05) is 6.58 Å². The second-order valence-electron chi connectivity index (χ2n) is 2.58. The van der Waals surface area contributed by atoms with Gasteiger partial charge in [-0.15, -0.1) is 0 Å². The third kappa shape index (κ3) is 1.87. The lowest BCUT2D eigenvalue weighted by atomic mass is 10.2. The van der Waals surface area contributed by atoms with Crippen LogP contribution in [0.15, 0.2) is 17.3 Å². The normalized spacial score (nSPS) is 16.7. The van der Waals surface area contributed by atoms with Crippen LogP contribution in [0.25, 0.3) is 0 Å². The van der Waals surface area contributed by atoms with Gasteiger partial charge in [-0.05, 0) is 12.8 Å². The molecule has 2 nitrogen and oxygen atoms in total. The number of allylic oxidation sites excluding steroid dienone is 1. The van der Waals surface area contributed by atoms with E-state index in [4.69, 9.17) is 0 Å². The Morgan fingerprint density at radius 3 is 3.10 bits per heavy atom. The number of hydrogen-bond acceptors (Lipinski definition) is 2. The molecule has 56 valence electrons. The molecule has 10 heavy (non-hydrogen) atoms. The molecule has 0 atom stereocenters. The molecule has 0 radical (unpaired) electrons. The van der Waals surface area contributed by atoms with E-state index in [1.54, 1.807) is 0 Å². The minimum Gasteiger partial charge on any atom is -0.392 e. The van der Waals surface area contributed by atoms with Crippen molar-refractivity contribution in [2.45, 2.75) is 19.3 Å². The highest BCUT2D eigenvalue weighted by Gasteiger charge is 2.05. The Balaban J connectivity index is 2.30. The van der Waals surface area contributed by atoms with E-state index in [2.05, 4.69) is 16.9 Å². The molecule has 0 aromatic carbocycles. The molecule has 1 N–H and O–H groups in total. The fourth-order valence-electron chi connectivity index (χ4n) is 1.08. The summed E-state index contributed by atoms with van der Waals surface area (Å²) < 4.78 is 0. The molecule has 1 rings (SSSR count). The number of rotatable bonds is 3. The maximum atomic E-state index is 4.34. The molecular formula is C8H14N2. The van der Waals surface area contributed by atoms with Crippen LogP contribution in [0.1, 0.15) is 19.3 Å². The maximum Gasteiger partial charge on any atom is 0.0392 e. The largest absolute Gasteiger partial charge is 0.392 e. The lowest BCUT2D eigenvalue weighted by Gasteiger charge is -2.02. The van der Waals surface area contributed by atoms with Crippen molar-refractivity contribution in [3.05, 3.63) is 12.3 Å². The third-order valence-corrected chi connectivity index (χ3v) is 1.73. The number of aliphatic imine (C=N–C) groups is 1. The van der Waals surface area contributed by atoms with Crippen LogP contribution in [-0.4, -0.2) is 19.3 Å². The Morgan fingerprint density at radius 2 is 2.60 bits per heavy atom. The molecule has 0 saturated carbocycles. The molecule has 0 bridgehead atoms. The first kappa shape index (κ1) is 7.32. The summed E-state index contributed by atoms with van der Waals surface area (Å²) in [5.74, 6) is 0. The van der Waals surface area contributed by atoms with Gasteiger partial charge in [-0.25, -0.2) is 0 Å². The number of nitrogens with zero attached hydrogens (tertiary/aromatic N) is 1. The SMILES string of the molecule is C=C(CC1=NCCC1)NC. The summed E-state index contributed by atoms with van der Waals surface area (Å²) in [4.78, 5) is 4.34. The number of nitrogens with one attached hydrogen (secondary N) is 1. The molecule has 1 aliphatic heterocycles. The quantitative estimate of drug-likeness (QED) is 0.625. The van der Waals surface area contributed by atoms with Crippen molar-refractivity contribution >= 4 is 5.71 Å². The molecule has 0 aromatic heterocycles. The Kier molecular flexibility index (Phi) is 2.49. The van der Waals surface area contributed by atoms with Gasteiger partial charge in [0, 0.05) is 31.4 Å². The van der Waals surface area contributed by atoms with Gasteiger partial charge in [0.15, 0.2) is 0 Å².